The Labute approximate surface area is 233 Å². The first-order valence-electron chi connectivity index (χ1n) is 13.4. The molecule has 7 rings (SSSR count). The summed E-state index contributed by atoms with van der Waals surface area (Å²) in [7, 11) is 0. The summed E-state index contributed by atoms with van der Waals surface area (Å²) < 4.78 is 2.35. The van der Waals surface area contributed by atoms with Gasteiger partial charge in [0.15, 0.2) is 0 Å². The Kier molecular flexibility index (Phi) is 5.73. The quantitative estimate of drug-likeness (QED) is 0.236. The Morgan fingerprint density at radius 3 is 2.08 bits per heavy atom. The number of nitriles is 1. The van der Waals surface area contributed by atoms with E-state index in [2.05, 4.69) is 126 Å². The van der Waals surface area contributed by atoms with Crippen molar-refractivity contribution in [2.75, 3.05) is 0 Å². The summed E-state index contributed by atoms with van der Waals surface area (Å²) >= 11 is 0. The molecule has 0 amide bonds. The Morgan fingerprint density at radius 2 is 1.27 bits per heavy atom. The molecule has 0 spiro atoms. The number of hydrogen-bond donors (Lipinski definition) is 0. The minimum atomic E-state index is 0.625. The fourth-order valence-corrected chi connectivity index (χ4v) is 5.85. The van der Waals surface area contributed by atoms with Crippen molar-refractivity contribution in [1.29, 1.82) is 5.26 Å². The van der Waals surface area contributed by atoms with E-state index in [4.69, 9.17) is 0 Å². The van der Waals surface area contributed by atoms with Crippen LogP contribution in [-0.4, -0.2) is 9.55 Å². The van der Waals surface area contributed by atoms with E-state index in [9.17, 15) is 5.26 Å². The van der Waals surface area contributed by atoms with Crippen LogP contribution in [0.2, 0.25) is 0 Å². The number of fused-ring (bicyclic) bond motifs is 3. The van der Waals surface area contributed by atoms with Crippen molar-refractivity contribution < 1.29 is 0 Å². The third kappa shape index (κ3) is 3.78. The summed E-state index contributed by atoms with van der Waals surface area (Å²) in [5, 5.41) is 12.8. The van der Waals surface area contributed by atoms with Gasteiger partial charge < -0.3 is 4.57 Å². The molecule has 0 aliphatic rings. The molecule has 2 aromatic heterocycles. The first-order valence-corrected chi connectivity index (χ1v) is 13.4. The maximum Gasteiger partial charge on any atom is 0.0998 e. The average Bonchev–Trinajstić information content (AvgIpc) is 3.36. The predicted octanol–water partition coefficient (Wildman–Crippen LogP) is 9.36. The van der Waals surface area contributed by atoms with Crippen LogP contribution in [0.3, 0.4) is 0 Å². The molecular weight excluding hydrogens is 486 g/mol. The van der Waals surface area contributed by atoms with E-state index in [1.54, 1.807) is 12.4 Å². The van der Waals surface area contributed by atoms with Crippen molar-refractivity contribution in [3.05, 3.63) is 145 Å². The fourth-order valence-electron chi connectivity index (χ4n) is 5.85. The van der Waals surface area contributed by atoms with Gasteiger partial charge in [0.25, 0.3) is 0 Å². The zero-order chi connectivity index (χ0) is 27.1. The lowest BCUT2D eigenvalue weighted by molar-refractivity contribution is 1.18. The second-order valence-corrected chi connectivity index (χ2v) is 10.00. The van der Waals surface area contributed by atoms with Gasteiger partial charge in [0.1, 0.15) is 0 Å². The second-order valence-electron chi connectivity index (χ2n) is 10.00. The van der Waals surface area contributed by atoms with Crippen LogP contribution in [-0.2, 0) is 0 Å². The average molecular weight is 512 g/mol. The molecule has 0 unspecified atom stereocenters. The minimum Gasteiger partial charge on any atom is -0.308 e. The second kappa shape index (κ2) is 9.69. The molecule has 2 heterocycles. The van der Waals surface area contributed by atoms with Gasteiger partial charge in [0.2, 0.25) is 0 Å². The third-order valence-electron chi connectivity index (χ3n) is 7.70. The van der Waals surface area contributed by atoms with Gasteiger partial charge in [-0.15, -0.1) is 0 Å². The highest BCUT2D eigenvalue weighted by Gasteiger charge is 2.21. The highest BCUT2D eigenvalue weighted by atomic mass is 15.0. The van der Waals surface area contributed by atoms with Crippen LogP contribution >= 0.6 is 0 Å². The first kappa shape index (κ1) is 23.6. The molecule has 7 aromatic rings. The number of aromatic nitrogens is 2. The van der Waals surface area contributed by atoms with E-state index in [1.165, 1.54) is 27.5 Å². The van der Waals surface area contributed by atoms with Crippen LogP contribution in [0, 0.1) is 18.3 Å². The molecular formula is C37H25N3. The number of rotatable bonds is 4. The molecule has 0 atom stereocenters. The summed E-state index contributed by atoms with van der Waals surface area (Å²) in [6, 6.07) is 44.7. The molecule has 3 heteroatoms. The maximum atomic E-state index is 10.4. The minimum absolute atomic E-state index is 0.625. The van der Waals surface area contributed by atoms with Gasteiger partial charge in [-0.3, -0.25) is 4.98 Å². The number of para-hydroxylation sites is 2. The molecule has 0 aliphatic carbocycles. The smallest absolute Gasteiger partial charge is 0.0998 e. The van der Waals surface area contributed by atoms with Crippen LogP contribution in [0.15, 0.2) is 134 Å². The van der Waals surface area contributed by atoms with Crippen molar-refractivity contribution in [2.45, 2.75) is 6.92 Å². The highest BCUT2D eigenvalue weighted by Crippen LogP contribution is 2.42. The maximum absolute atomic E-state index is 10.4. The van der Waals surface area contributed by atoms with Crippen molar-refractivity contribution in [1.82, 2.24) is 9.55 Å². The largest absolute Gasteiger partial charge is 0.308 e. The predicted molar refractivity (Wildman–Crippen MR) is 164 cm³/mol. The summed E-state index contributed by atoms with van der Waals surface area (Å²) in [6.07, 6.45) is 3.54. The summed E-state index contributed by atoms with van der Waals surface area (Å²) in [5.41, 5.74) is 11.5. The fraction of sp³-hybridized carbons (Fsp3) is 0.0270. The van der Waals surface area contributed by atoms with Crippen LogP contribution in [0.1, 0.15) is 11.1 Å². The lowest BCUT2D eigenvalue weighted by Crippen LogP contribution is -2.01. The van der Waals surface area contributed by atoms with Crippen LogP contribution in [0.5, 0.6) is 0 Å². The van der Waals surface area contributed by atoms with Crippen LogP contribution < -0.4 is 0 Å². The Balaban J connectivity index is 1.66. The van der Waals surface area contributed by atoms with Crippen molar-refractivity contribution in [3.63, 3.8) is 0 Å². The van der Waals surface area contributed by atoms with E-state index in [1.807, 2.05) is 18.2 Å². The Bertz CT molecular complexity index is 2060. The lowest BCUT2D eigenvalue weighted by atomic mass is 9.93. The molecule has 0 radical (unpaired) electrons. The number of hydrogen-bond acceptors (Lipinski definition) is 2. The molecule has 3 nitrogen and oxygen atoms in total. The number of nitrogens with zero attached hydrogens (tertiary/aromatic N) is 3. The monoisotopic (exact) mass is 511 g/mol. The van der Waals surface area contributed by atoms with Crippen LogP contribution in [0.4, 0.5) is 0 Å². The SMILES string of the molecule is Cc1ccccc1-c1cccc2c3ccccc3n(-c3cc(C#N)c(-c4ccncc4)cc3-c3ccccc3)c12. The van der Waals surface area contributed by atoms with Gasteiger partial charge in [-0.1, -0.05) is 91.0 Å². The van der Waals surface area contributed by atoms with E-state index >= 15 is 0 Å². The zero-order valence-corrected chi connectivity index (χ0v) is 22.0. The number of benzene rings is 5. The van der Waals surface area contributed by atoms with E-state index in [0.717, 1.165) is 39.0 Å². The number of pyridine rings is 1. The summed E-state index contributed by atoms with van der Waals surface area (Å²) in [6.45, 7) is 2.16. The molecule has 0 saturated heterocycles. The zero-order valence-electron chi connectivity index (χ0n) is 22.0. The van der Waals surface area contributed by atoms with Crippen LogP contribution in [0.25, 0.3) is 60.9 Å². The van der Waals surface area contributed by atoms with Gasteiger partial charge >= 0.3 is 0 Å². The highest BCUT2D eigenvalue weighted by molar-refractivity contribution is 6.14. The Morgan fingerprint density at radius 1 is 0.600 bits per heavy atom. The van der Waals surface area contributed by atoms with E-state index < -0.39 is 0 Å². The van der Waals surface area contributed by atoms with Gasteiger partial charge in [0.05, 0.1) is 28.4 Å². The van der Waals surface area contributed by atoms with Crippen molar-refractivity contribution >= 4 is 21.8 Å². The molecule has 0 aliphatic heterocycles. The topological polar surface area (TPSA) is 41.6 Å². The summed E-state index contributed by atoms with van der Waals surface area (Å²) in [5.74, 6) is 0. The molecule has 0 fully saturated rings. The molecule has 188 valence electrons. The van der Waals surface area contributed by atoms with Gasteiger partial charge in [0, 0.05) is 39.9 Å². The van der Waals surface area contributed by atoms with Gasteiger partial charge in [-0.2, -0.15) is 5.26 Å². The lowest BCUT2D eigenvalue weighted by Gasteiger charge is -2.19. The van der Waals surface area contributed by atoms with Crippen molar-refractivity contribution in [2.24, 2.45) is 0 Å². The summed E-state index contributed by atoms with van der Waals surface area (Å²) in [4.78, 5) is 4.19. The third-order valence-corrected chi connectivity index (χ3v) is 7.70. The molecule has 5 aromatic carbocycles. The molecule has 40 heavy (non-hydrogen) atoms. The first-order chi connectivity index (χ1) is 19.7. The van der Waals surface area contributed by atoms with E-state index in [0.29, 0.717) is 5.56 Å². The molecule has 0 bridgehead atoms. The number of aryl methyl sites for hydroxylation is 1. The Hall–Kier alpha value is -5.46. The standard InChI is InChI=1S/C37H25N3/c1-25-10-5-6-13-29(25)31-15-9-16-32-30-14-7-8-17-35(30)40(37(31)32)36-22-28(24-38)33(27-18-20-39-21-19-27)23-34(36)26-11-3-2-4-12-26/h2-23H,1H3. The normalized spacial score (nSPS) is 11.1. The van der Waals surface area contributed by atoms with E-state index in [-0.39, 0.29) is 0 Å². The molecule has 0 N–H and O–H groups in total. The van der Waals surface area contributed by atoms with Gasteiger partial charge in [-0.05, 0) is 59.5 Å². The van der Waals surface area contributed by atoms with Crippen molar-refractivity contribution in [3.8, 4) is 45.1 Å². The molecule has 0 saturated carbocycles. The van der Waals surface area contributed by atoms with Gasteiger partial charge in [-0.25, -0.2) is 0 Å².